The molecule has 1 fully saturated rings. The highest BCUT2D eigenvalue weighted by atomic mass is 19.1. The van der Waals surface area contributed by atoms with Gasteiger partial charge in [-0.2, -0.15) is 0 Å². The molecule has 31 heavy (non-hydrogen) atoms. The Morgan fingerprint density at radius 1 is 1.10 bits per heavy atom. The number of nitrogens with zero attached hydrogens (tertiary/aromatic N) is 1. The maximum atomic E-state index is 13.6. The van der Waals surface area contributed by atoms with Gasteiger partial charge in [0.05, 0.1) is 6.54 Å². The van der Waals surface area contributed by atoms with Gasteiger partial charge in [0, 0.05) is 23.7 Å². The van der Waals surface area contributed by atoms with E-state index in [1.54, 1.807) is 37.3 Å². The van der Waals surface area contributed by atoms with Gasteiger partial charge in [-0.15, -0.1) is 0 Å². The standard InChI is InChI=1S/C24H28FN3O3/c1-16-6-7-18(12-22(16)25)14-26-24(31)19-8-10-28(11-9-19)15-23(30)27-21-5-3-4-20(13-21)17(2)29/h3-7,12-13,19H,8-11,14-15H2,1-2H3,(H,26,31)(H,27,30). The van der Waals surface area contributed by atoms with E-state index in [0.29, 0.717) is 49.3 Å². The molecule has 7 heteroatoms. The van der Waals surface area contributed by atoms with Crippen LogP contribution >= 0.6 is 0 Å². The Kier molecular flexibility index (Phi) is 7.52. The Labute approximate surface area is 181 Å². The molecular formula is C24H28FN3O3. The summed E-state index contributed by atoms with van der Waals surface area (Å²) < 4.78 is 13.6. The van der Waals surface area contributed by atoms with Crippen LogP contribution in [0.2, 0.25) is 0 Å². The Morgan fingerprint density at radius 3 is 2.52 bits per heavy atom. The second-order valence-corrected chi connectivity index (χ2v) is 8.04. The lowest BCUT2D eigenvalue weighted by Crippen LogP contribution is -2.43. The molecule has 0 aliphatic carbocycles. The quantitative estimate of drug-likeness (QED) is 0.668. The van der Waals surface area contributed by atoms with Crippen LogP contribution in [0.5, 0.6) is 0 Å². The predicted molar refractivity (Wildman–Crippen MR) is 117 cm³/mol. The van der Waals surface area contributed by atoms with Crippen molar-refractivity contribution >= 4 is 23.3 Å². The van der Waals surface area contributed by atoms with Crippen LogP contribution in [0.25, 0.3) is 0 Å². The molecule has 1 aliphatic rings. The minimum Gasteiger partial charge on any atom is -0.352 e. The predicted octanol–water partition coefficient (Wildman–Crippen LogP) is 3.30. The fourth-order valence-corrected chi connectivity index (χ4v) is 3.65. The van der Waals surface area contributed by atoms with Crippen LogP contribution in [-0.4, -0.2) is 42.1 Å². The molecule has 0 aromatic heterocycles. The van der Waals surface area contributed by atoms with Gasteiger partial charge < -0.3 is 10.6 Å². The number of ketones is 1. The van der Waals surface area contributed by atoms with E-state index in [9.17, 15) is 18.8 Å². The number of hydrogen-bond donors (Lipinski definition) is 2. The lowest BCUT2D eigenvalue weighted by atomic mass is 9.95. The van der Waals surface area contributed by atoms with E-state index in [4.69, 9.17) is 0 Å². The maximum Gasteiger partial charge on any atom is 0.238 e. The molecule has 3 rings (SSSR count). The second kappa shape index (κ2) is 10.3. The SMILES string of the molecule is CC(=O)c1cccc(NC(=O)CN2CCC(C(=O)NCc3ccc(C)c(F)c3)CC2)c1. The van der Waals surface area contributed by atoms with Crippen molar-refractivity contribution in [3.05, 3.63) is 65.0 Å². The minimum atomic E-state index is -0.272. The average molecular weight is 426 g/mol. The number of carbonyl (C=O) groups is 3. The van der Waals surface area contributed by atoms with E-state index in [-0.39, 0.29) is 35.9 Å². The monoisotopic (exact) mass is 425 g/mol. The van der Waals surface area contributed by atoms with Gasteiger partial charge in [-0.25, -0.2) is 4.39 Å². The summed E-state index contributed by atoms with van der Waals surface area (Å²) in [4.78, 5) is 38.3. The van der Waals surface area contributed by atoms with E-state index in [2.05, 4.69) is 10.6 Å². The number of benzene rings is 2. The van der Waals surface area contributed by atoms with Gasteiger partial charge in [0.2, 0.25) is 11.8 Å². The maximum absolute atomic E-state index is 13.6. The molecule has 6 nitrogen and oxygen atoms in total. The third-order valence-electron chi connectivity index (χ3n) is 5.58. The topological polar surface area (TPSA) is 78.5 Å². The van der Waals surface area contributed by atoms with Crippen LogP contribution in [0.4, 0.5) is 10.1 Å². The van der Waals surface area contributed by atoms with Gasteiger partial charge in [0.1, 0.15) is 5.82 Å². The molecule has 1 heterocycles. The van der Waals surface area contributed by atoms with Gasteiger partial charge in [-0.3, -0.25) is 19.3 Å². The number of rotatable bonds is 7. The average Bonchev–Trinajstić information content (AvgIpc) is 2.75. The number of carbonyl (C=O) groups excluding carboxylic acids is 3. The summed E-state index contributed by atoms with van der Waals surface area (Å²) in [5, 5.41) is 5.71. The van der Waals surface area contributed by atoms with E-state index in [1.165, 1.54) is 13.0 Å². The fourth-order valence-electron chi connectivity index (χ4n) is 3.65. The van der Waals surface area contributed by atoms with Crippen molar-refractivity contribution in [2.24, 2.45) is 5.92 Å². The van der Waals surface area contributed by atoms with Crippen LogP contribution in [0.1, 0.15) is 41.3 Å². The Hall–Kier alpha value is -3.06. The normalized spacial score (nSPS) is 14.8. The van der Waals surface area contributed by atoms with Crippen molar-refractivity contribution in [2.45, 2.75) is 33.2 Å². The molecule has 0 bridgehead atoms. The van der Waals surface area contributed by atoms with Crippen molar-refractivity contribution < 1.29 is 18.8 Å². The smallest absolute Gasteiger partial charge is 0.238 e. The number of hydrogen-bond acceptors (Lipinski definition) is 4. The summed E-state index contributed by atoms with van der Waals surface area (Å²) in [5.41, 5.74) is 2.47. The summed E-state index contributed by atoms with van der Waals surface area (Å²) in [7, 11) is 0. The molecule has 2 amide bonds. The number of nitrogens with one attached hydrogen (secondary N) is 2. The highest BCUT2D eigenvalue weighted by Gasteiger charge is 2.25. The number of aryl methyl sites for hydroxylation is 1. The van der Waals surface area contributed by atoms with Crippen molar-refractivity contribution in [3.63, 3.8) is 0 Å². The molecule has 164 valence electrons. The van der Waals surface area contributed by atoms with E-state index in [0.717, 1.165) is 5.56 Å². The summed E-state index contributed by atoms with van der Waals surface area (Å²) >= 11 is 0. The lowest BCUT2D eigenvalue weighted by Gasteiger charge is -2.30. The number of Topliss-reactive ketones (excluding diaryl/α,β-unsaturated/α-hetero) is 1. The van der Waals surface area contributed by atoms with Gasteiger partial charge in [0.25, 0.3) is 0 Å². The van der Waals surface area contributed by atoms with Crippen molar-refractivity contribution in [1.29, 1.82) is 0 Å². The molecule has 1 saturated heterocycles. The van der Waals surface area contributed by atoms with Gasteiger partial charge in [0.15, 0.2) is 5.78 Å². The molecule has 2 aromatic rings. The zero-order valence-corrected chi connectivity index (χ0v) is 17.9. The van der Waals surface area contributed by atoms with E-state index >= 15 is 0 Å². The van der Waals surface area contributed by atoms with E-state index in [1.807, 2.05) is 11.0 Å². The second-order valence-electron chi connectivity index (χ2n) is 8.04. The molecule has 0 saturated carbocycles. The van der Waals surface area contributed by atoms with Crippen LogP contribution in [-0.2, 0) is 16.1 Å². The Bertz CT molecular complexity index is 968. The van der Waals surface area contributed by atoms with Gasteiger partial charge in [-0.1, -0.05) is 24.3 Å². The van der Waals surface area contributed by atoms with Gasteiger partial charge in [-0.05, 0) is 69.1 Å². The largest absolute Gasteiger partial charge is 0.352 e. The Balaban J connectivity index is 1.42. The number of likely N-dealkylation sites (tertiary alicyclic amines) is 1. The molecule has 0 atom stereocenters. The number of amides is 2. The zero-order chi connectivity index (χ0) is 22.4. The molecule has 0 spiro atoms. The van der Waals surface area contributed by atoms with Crippen molar-refractivity contribution in [2.75, 3.05) is 25.0 Å². The van der Waals surface area contributed by atoms with E-state index < -0.39 is 0 Å². The molecule has 1 aliphatic heterocycles. The van der Waals surface area contributed by atoms with Crippen LogP contribution in [0, 0.1) is 18.7 Å². The van der Waals surface area contributed by atoms with Gasteiger partial charge >= 0.3 is 0 Å². The summed E-state index contributed by atoms with van der Waals surface area (Å²) in [5.74, 6) is -0.617. The van der Waals surface area contributed by atoms with Crippen molar-refractivity contribution in [3.8, 4) is 0 Å². The van der Waals surface area contributed by atoms with Crippen LogP contribution < -0.4 is 10.6 Å². The highest BCUT2D eigenvalue weighted by molar-refractivity contribution is 5.97. The first-order valence-corrected chi connectivity index (χ1v) is 10.5. The first kappa shape index (κ1) is 22.6. The van der Waals surface area contributed by atoms with Crippen LogP contribution in [0.3, 0.4) is 0 Å². The minimum absolute atomic E-state index is 0.0360. The first-order valence-electron chi connectivity index (χ1n) is 10.5. The Morgan fingerprint density at radius 2 is 1.84 bits per heavy atom. The lowest BCUT2D eigenvalue weighted by molar-refractivity contribution is -0.126. The molecular weight excluding hydrogens is 397 g/mol. The summed E-state index contributed by atoms with van der Waals surface area (Å²) in [6, 6.07) is 11.8. The number of halogens is 1. The fraction of sp³-hybridized carbons (Fsp3) is 0.375. The van der Waals surface area contributed by atoms with Crippen LogP contribution in [0.15, 0.2) is 42.5 Å². The summed E-state index contributed by atoms with van der Waals surface area (Å²) in [6.07, 6.45) is 1.34. The molecule has 0 unspecified atom stereocenters. The summed E-state index contributed by atoms with van der Waals surface area (Å²) in [6.45, 7) is 5.03. The number of piperidine rings is 1. The van der Waals surface area contributed by atoms with Crippen molar-refractivity contribution in [1.82, 2.24) is 10.2 Å². The highest BCUT2D eigenvalue weighted by Crippen LogP contribution is 2.18. The third-order valence-corrected chi connectivity index (χ3v) is 5.58. The molecule has 2 aromatic carbocycles. The molecule has 0 radical (unpaired) electrons. The number of anilines is 1. The first-order chi connectivity index (χ1) is 14.8. The third kappa shape index (κ3) is 6.46. The molecule has 2 N–H and O–H groups in total. The zero-order valence-electron chi connectivity index (χ0n) is 17.9.